The van der Waals surface area contributed by atoms with Crippen LogP contribution < -0.4 is 0 Å². The van der Waals surface area contributed by atoms with E-state index in [0.29, 0.717) is 19.4 Å². The molecule has 0 spiro atoms. The third-order valence-corrected chi connectivity index (χ3v) is 2.69. The molecular weight excluding hydrogens is 226 g/mol. The second-order valence-corrected chi connectivity index (χ2v) is 3.76. The van der Waals surface area contributed by atoms with E-state index in [1.54, 1.807) is 0 Å². The SMILES string of the molecule is C=CCOC(=O)N1CCCC(OC)C1C(=O)O. The zero-order valence-corrected chi connectivity index (χ0v) is 9.80. The summed E-state index contributed by atoms with van der Waals surface area (Å²) in [5.41, 5.74) is 0. The molecule has 0 radical (unpaired) electrons. The molecule has 1 heterocycles. The summed E-state index contributed by atoms with van der Waals surface area (Å²) in [6.07, 6.45) is 1.63. The predicted molar refractivity (Wildman–Crippen MR) is 59.7 cm³/mol. The molecule has 6 heteroatoms. The lowest BCUT2D eigenvalue weighted by atomic mass is 9.99. The van der Waals surface area contributed by atoms with E-state index in [-0.39, 0.29) is 6.61 Å². The van der Waals surface area contributed by atoms with Crippen molar-refractivity contribution in [3.63, 3.8) is 0 Å². The Morgan fingerprint density at radius 3 is 2.82 bits per heavy atom. The zero-order chi connectivity index (χ0) is 12.8. The molecule has 0 aliphatic carbocycles. The number of hydrogen-bond acceptors (Lipinski definition) is 4. The number of carboxylic acid groups (broad SMARTS) is 1. The Labute approximate surface area is 99.8 Å². The smallest absolute Gasteiger partial charge is 0.410 e. The van der Waals surface area contributed by atoms with E-state index >= 15 is 0 Å². The fraction of sp³-hybridized carbons (Fsp3) is 0.636. The van der Waals surface area contributed by atoms with Gasteiger partial charge in [0.05, 0.1) is 6.10 Å². The monoisotopic (exact) mass is 243 g/mol. The van der Waals surface area contributed by atoms with Crippen LogP contribution in [0.15, 0.2) is 12.7 Å². The van der Waals surface area contributed by atoms with Crippen LogP contribution in [0.3, 0.4) is 0 Å². The molecule has 96 valence electrons. The van der Waals surface area contributed by atoms with Crippen LogP contribution in [0.2, 0.25) is 0 Å². The normalized spacial score (nSPS) is 24.2. The number of nitrogens with zero attached hydrogens (tertiary/aromatic N) is 1. The van der Waals surface area contributed by atoms with Crippen LogP contribution in [0.5, 0.6) is 0 Å². The van der Waals surface area contributed by atoms with Crippen LogP contribution in [-0.4, -0.2) is 54.5 Å². The summed E-state index contributed by atoms with van der Waals surface area (Å²) in [6.45, 7) is 3.86. The first kappa shape index (κ1) is 13.5. The molecule has 1 aliphatic heterocycles. The number of piperidine rings is 1. The Morgan fingerprint density at radius 1 is 1.59 bits per heavy atom. The van der Waals surface area contributed by atoms with Gasteiger partial charge in [-0.1, -0.05) is 12.7 Å². The highest BCUT2D eigenvalue weighted by Gasteiger charge is 2.40. The van der Waals surface area contributed by atoms with Crippen molar-refractivity contribution >= 4 is 12.1 Å². The molecule has 1 amide bonds. The van der Waals surface area contributed by atoms with Crippen molar-refractivity contribution in [3.8, 4) is 0 Å². The van der Waals surface area contributed by atoms with Crippen LogP contribution in [-0.2, 0) is 14.3 Å². The summed E-state index contributed by atoms with van der Waals surface area (Å²) in [4.78, 5) is 24.0. The van der Waals surface area contributed by atoms with Gasteiger partial charge >= 0.3 is 12.1 Å². The largest absolute Gasteiger partial charge is 0.480 e. The second kappa shape index (κ2) is 6.24. The number of hydrogen-bond donors (Lipinski definition) is 1. The van der Waals surface area contributed by atoms with Gasteiger partial charge in [-0.2, -0.15) is 0 Å². The molecule has 2 atom stereocenters. The maximum Gasteiger partial charge on any atom is 0.410 e. The molecule has 0 aromatic heterocycles. The van der Waals surface area contributed by atoms with Crippen molar-refractivity contribution in [1.29, 1.82) is 0 Å². The summed E-state index contributed by atoms with van der Waals surface area (Å²) >= 11 is 0. The molecule has 1 aliphatic rings. The Balaban J connectivity index is 2.76. The predicted octanol–water partition coefficient (Wildman–Crippen LogP) is 0.873. The molecule has 0 aromatic carbocycles. The third kappa shape index (κ3) is 3.20. The summed E-state index contributed by atoms with van der Waals surface area (Å²) in [5.74, 6) is -1.08. The Bertz CT molecular complexity index is 304. The number of likely N-dealkylation sites (tertiary alicyclic amines) is 1. The van der Waals surface area contributed by atoms with Crippen LogP contribution in [0.25, 0.3) is 0 Å². The molecule has 2 unspecified atom stereocenters. The lowest BCUT2D eigenvalue weighted by Gasteiger charge is -2.36. The van der Waals surface area contributed by atoms with Gasteiger partial charge in [-0.05, 0) is 12.8 Å². The highest BCUT2D eigenvalue weighted by molar-refractivity contribution is 5.81. The van der Waals surface area contributed by atoms with Gasteiger partial charge < -0.3 is 14.6 Å². The molecule has 0 bridgehead atoms. The lowest BCUT2D eigenvalue weighted by molar-refractivity contribution is -0.150. The van der Waals surface area contributed by atoms with Crippen molar-refractivity contribution in [3.05, 3.63) is 12.7 Å². The average Bonchev–Trinajstić information content (AvgIpc) is 2.34. The van der Waals surface area contributed by atoms with Gasteiger partial charge in [0.2, 0.25) is 0 Å². The van der Waals surface area contributed by atoms with Crippen LogP contribution >= 0.6 is 0 Å². The van der Waals surface area contributed by atoms with Gasteiger partial charge in [0.25, 0.3) is 0 Å². The minimum absolute atomic E-state index is 0.0688. The Kier molecular flexibility index (Phi) is 4.96. The second-order valence-electron chi connectivity index (χ2n) is 3.76. The van der Waals surface area contributed by atoms with Gasteiger partial charge in [-0.15, -0.1) is 0 Å². The average molecular weight is 243 g/mol. The van der Waals surface area contributed by atoms with Gasteiger partial charge in [-0.25, -0.2) is 9.59 Å². The van der Waals surface area contributed by atoms with Gasteiger partial charge in [0.1, 0.15) is 6.61 Å². The van der Waals surface area contributed by atoms with E-state index in [4.69, 9.17) is 14.6 Å². The quantitative estimate of drug-likeness (QED) is 0.741. The van der Waals surface area contributed by atoms with E-state index in [9.17, 15) is 9.59 Å². The molecule has 17 heavy (non-hydrogen) atoms. The van der Waals surface area contributed by atoms with Crippen molar-refractivity contribution in [2.24, 2.45) is 0 Å². The fourth-order valence-electron chi connectivity index (χ4n) is 1.92. The minimum Gasteiger partial charge on any atom is -0.480 e. The number of ether oxygens (including phenoxy) is 2. The van der Waals surface area contributed by atoms with E-state index in [1.807, 2.05) is 0 Å². The van der Waals surface area contributed by atoms with Crippen LogP contribution in [0, 0.1) is 0 Å². The fourth-order valence-corrected chi connectivity index (χ4v) is 1.92. The maximum absolute atomic E-state index is 11.7. The molecular formula is C11H17NO5. The molecule has 6 nitrogen and oxygen atoms in total. The highest BCUT2D eigenvalue weighted by Crippen LogP contribution is 2.21. The van der Waals surface area contributed by atoms with Gasteiger partial charge in [-0.3, -0.25) is 4.90 Å². The highest BCUT2D eigenvalue weighted by atomic mass is 16.6. The molecule has 0 aromatic rings. The Hall–Kier alpha value is -1.56. The minimum atomic E-state index is -1.08. The number of rotatable bonds is 4. The number of methoxy groups -OCH3 is 1. The molecule has 0 saturated carbocycles. The van der Waals surface area contributed by atoms with E-state index in [1.165, 1.54) is 18.1 Å². The van der Waals surface area contributed by atoms with Gasteiger partial charge in [0, 0.05) is 13.7 Å². The summed E-state index contributed by atoms with van der Waals surface area (Å²) in [6, 6.07) is -0.980. The number of carboxylic acids is 1. The number of carbonyl (C=O) groups is 2. The van der Waals surface area contributed by atoms with E-state index < -0.39 is 24.2 Å². The maximum atomic E-state index is 11.7. The first-order valence-corrected chi connectivity index (χ1v) is 5.41. The molecule has 1 rings (SSSR count). The van der Waals surface area contributed by atoms with Crippen LogP contribution in [0.4, 0.5) is 4.79 Å². The van der Waals surface area contributed by atoms with Crippen molar-refractivity contribution < 1.29 is 24.2 Å². The topological polar surface area (TPSA) is 76.1 Å². The number of aliphatic carboxylic acids is 1. The van der Waals surface area contributed by atoms with Crippen molar-refractivity contribution in [2.75, 3.05) is 20.3 Å². The van der Waals surface area contributed by atoms with Crippen LogP contribution in [0.1, 0.15) is 12.8 Å². The molecule has 1 saturated heterocycles. The van der Waals surface area contributed by atoms with E-state index in [0.717, 1.165) is 0 Å². The molecule has 1 N–H and O–H groups in total. The zero-order valence-electron chi connectivity index (χ0n) is 9.80. The summed E-state index contributed by atoms with van der Waals surface area (Å²) < 4.78 is 9.95. The van der Waals surface area contributed by atoms with E-state index in [2.05, 4.69) is 6.58 Å². The standard InChI is InChI=1S/C11H17NO5/c1-3-7-17-11(15)12-6-4-5-8(16-2)9(12)10(13)14/h3,8-9H,1,4-7H2,2H3,(H,13,14). The Morgan fingerprint density at radius 2 is 2.29 bits per heavy atom. The van der Waals surface area contributed by atoms with Crippen molar-refractivity contribution in [1.82, 2.24) is 4.90 Å². The number of amides is 1. The summed E-state index contributed by atoms with van der Waals surface area (Å²) in [7, 11) is 1.44. The first-order valence-electron chi connectivity index (χ1n) is 5.41. The number of carbonyl (C=O) groups excluding carboxylic acids is 1. The van der Waals surface area contributed by atoms with Crippen molar-refractivity contribution in [2.45, 2.75) is 25.0 Å². The lowest BCUT2D eigenvalue weighted by Crippen LogP contribution is -2.55. The third-order valence-electron chi connectivity index (χ3n) is 2.69. The summed E-state index contributed by atoms with van der Waals surface area (Å²) in [5, 5.41) is 9.13. The molecule has 1 fully saturated rings. The first-order chi connectivity index (χ1) is 8.11. The van der Waals surface area contributed by atoms with Gasteiger partial charge in [0.15, 0.2) is 6.04 Å².